The van der Waals surface area contributed by atoms with Crippen molar-refractivity contribution in [1.82, 2.24) is 0 Å². The van der Waals surface area contributed by atoms with Gasteiger partial charge in [-0.1, -0.05) is 0 Å². The number of rotatable bonds is 6. The standard InChI is InChI=1S/C18H32O15/c1-4-7(21)10(24)12(26)17(29-4)32-14-9(23)6(3-20)30-16(28)15(14)33-18-13(27)11(25)8(22)5(2-19)31-18/h4-28H,2-3H2,1H3/t4-,5+,6+,7+,8+,9+,10+,11-,12-,13-,14-,15+,16?,17-,18+/m0/s1. The molecule has 3 aliphatic heterocycles. The lowest BCUT2D eigenvalue weighted by Gasteiger charge is -2.48. The summed E-state index contributed by atoms with van der Waals surface area (Å²) in [6, 6.07) is 0. The Hall–Kier alpha value is -0.600. The fourth-order valence-corrected chi connectivity index (χ4v) is 3.97. The van der Waals surface area contributed by atoms with Gasteiger partial charge < -0.3 is 74.7 Å². The van der Waals surface area contributed by atoms with E-state index in [0.29, 0.717) is 0 Å². The maximum Gasteiger partial charge on any atom is 0.187 e. The molecule has 15 atom stereocenters. The van der Waals surface area contributed by atoms with Gasteiger partial charge in [0.15, 0.2) is 18.9 Å². The quantitative estimate of drug-likeness (QED) is 0.167. The first kappa shape index (κ1) is 27.0. The Morgan fingerprint density at radius 3 is 1.61 bits per heavy atom. The molecule has 33 heavy (non-hydrogen) atoms. The average Bonchev–Trinajstić information content (AvgIpc) is 2.79. The lowest BCUT2D eigenvalue weighted by Crippen LogP contribution is -2.66. The molecule has 15 heteroatoms. The highest BCUT2D eigenvalue weighted by molar-refractivity contribution is 4.95. The molecule has 15 nitrogen and oxygen atoms in total. The fourth-order valence-electron chi connectivity index (χ4n) is 3.97. The van der Waals surface area contributed by atoms with Crippen molar-refractivity contribution in [3.05, 3.63) is 0 Å². The zero-order valence-corrected chi connectivity index (χ0v) is 17.6. The minimum absolute atomic E-state index is 0.746. The van der Waals surface area contributed by atoms with Crippen LogP contribution in [0.2, 0.25) is 0 Å². The smallest absolute Gasteiger partial charge is 0.187 e. The van der Waals surface area contributed by atoms with Gasteiger partial charge in [0.05, 0.1) is 19.3 Å². The minimum Gasteiger partial charge on any atom is -0.394 e. The molecule has 194 valence electrons. The van der Waals surface area contributed by atoms with Crippen molar-refractivity contribution in [2.45, 2.75) is 99.0 Å². The zero-order valence-electron chi connectivity index (χ0n) is 17.6. The summed E-state index contributed by atoms with van der Waals surface area (Å²) in [5, 5.41) is 100.0. The van der Waals surface area contributed by atoms with Gasteiger partial charge in [0.25, 0.3) is 0 Å². The van der Waals surface area contributed by atoms with Gasteiger partial charge in [-0.15, -0.1) is 0 Å². The first-order valence-corrected chi connectivity index (χ1v) is 10.4. The van der Waals surface area contributed by atoms with Crippen LogP contribution >= 0.6 is 0 Å². The predicted octanol–water partition coefficient (Wildman–Crippen LogP) is -6.55. The van der Waals surface area contributed by atoms with E-state index in [1.807, 2.05) is 0 Å². The maximum atomic E-state index is 10.6. The molecule has 10 N–H and O–H groups in total. The highest BCUT2D eigenvalue weighted by Crippen LogP contribution is 2.32. The van der Waals surface area contributed by atoms with Crippen LogP contribution in [0.1, 0.15) is 6.92 Å². The van der Waals surface area contributed by atoms with Crippen molar-refractivity contribution in [3.8, 4) is 0 Å². The Balaban J connectivity index is 1.82. The lowest BCUT2D eigenvalue weighted by molar-refractivity contribution is -0.386. The molecule has 3 fully saturated rings. The minimum atomic E-state index is -1.89. The summed E-state index contributed by atoms with van der Waals surface area (Å²) in [6.07, 6.45) is -24.1. The summed E-state index contributed by atoms with van der Waals surface area (Å²) in [5.41, 5.74) is 0. The summed E-state index contributed by atoms with van der Waals surface area (Å²) in [4.78, 5) is 0. The summed E-state index contributed by atoms with van der Waals surface area (Å²) in [6.45, 7) is -0.107. The summed E-state index contributed by atoms with van der Waals surface area (Å²) >= 11 is 0. The van der Waals surface area contributed by atoms with E-state index in [-0.39, 0.29) is 0 Å². The Morgan fingerprint density at radius 2 is 1.03 bits per heavy atom. The first-order valence-electron chi connectivity index (χ1n) is 10.4. The Labute approximate surface area is 187 Å². The Morgan fingerprint density at radius 1 is 0.545 bits per heavy atom. The van der Waals surface area contributed by atoms with Crippen molar-refractivity contribution >= 4 is 0 Å². The third kappa shape index (κ3) is 5.32. The topological polar surface area (TPSA) is 248 Å². The van der Waals surface area contributed by atoms with Gasteiger partial charge in [0.1, 0.15) is 67.1 Å². The number of aliphatic hydroxyl groups excluding tert-OH is 10. The van der Waals surface area contributed by atoms with Crippen molar-refractivity contribution in [2.75, 3.05) is 13.2 Å². The lowest BCUT2D eigenvalue weighted by atomic mass is 9.96. The summed E-state index contributed by atoms with van der Waals surface area (Å²) in [7, 11) is 0. The SMILES string of the molecule is C[C@@H]1O[C@@H](O[C@H]2[C@H](O)[C@@H](CO)OC(O)[C@@H]2O[C@H]2O[C@H](CO)[C@@H](O)[C@H](O)[C@@H]2O)[C@@H](O)[C@H](O)[C@@H]1O. The van der Waals surface area contributed by atoms with Gasteiger partial charge in [-0.2, -0.15) is 0 Å². The number of hydrogen-bond acceptors (Lipinski definition) is 15. The second-order valence-electron chi connectivity index (χ2n) is 8.32. The van der Waals surface area contributed by atoms with Crippen molar-refractivity contribution < 1.29 is 74.7 Å². The van der Waals surface area contributed by atoms with Gasteiger partial charge in [-0.05, 0) is 6.92 Å². The zero-order chi connectivity index (χ0) is 24.6. The molecule has 0 aromatic heterocycles. The molecule has 0 bridgehead atoms. The molecule has 0 aliphatic carbocycles. The molecule has 3 aliphatic rings. The van der Waals surface area contributed by atoms with Crippen molar-refractivity contribution in [2.24, 2.45) is 0 Å². The molecule has 3 rings (SSSR count). The molecule has 0 spiro atoms. The summed E-state index contributed by atoms with van der Waals surface area (Å²) < 4.78 is 26.7. The van der Waals surface area contributed by atoms with E-state index in [0.717, 1.165) is 0 Å². The van der Waals surface area contributed by atoms with Gasteiger partial charge in [-0.25, -0.2) is 0 Å². The summed E-state index contributed by atoms with van der Waals surface area (Å²) in [5.74, 6) is 0. The fraction of sp³-hybridized carbons (Fsp3) is 1.00. The number of ether oxygens (including phenoxy) is 5. The van der Waals surface area contributed by atoms with Gasteiger partial charge in [0.2, 0.25) is 0 Å². The molecule has 0 saturated carbocycles. The average molecular weight is 488 g/mol. The molecule has 0 amide bonds. The molecule has 0 aromatic rings. The van der Waals surface area contributed by atoms with Crippen LogP contribution in [0.15, 0.2) is 0 Å². The van der Waals surface area contributed by atoms with Crippen LogP contribution < -0.4 is 0 Å². The molecular formula is C18H32O15. The van der Waals surface area contributed by atoms with Crippen LogP contribution in [0.4, 0.5) is 0 Å². The van der Waals surface area contributed by atoms with Crippen LogP contribution in [-0.4, -0.2) is 156 Å². The van der Waals surface area contributed by atoms with Crippen LogP contribution in [0.3, 0.4) is 0 Å². The predicted molar refractivity (Wildman–Crippen MR) is 99.8 cm³/mol. The number of hydrogen-bond donors (Lipinski definition) is 10. The van der Waals surface area contributed by atoms with E-state index in [1.54, 1.807) is 0 Å². The van der Waals surface area contributed by atoms with Crippen molar-refractivity contribution in [1.29, 1.82) is 0 Å². The maximum absolute atomic E-state index is 10.6. The molecule has 3 heterocycles. The Kier molecular flexibility index (Phi) is 8.99. The van der Waals surface area contributed by atoms with Gasteiger partial charge >= 0.3 is 0 Å². The van der Waals surface area contributed by atoms with E-state index in [1.165, 1.54) is 6.92 Å². The largest absolute Gasteiger partial charge is 0.394 e. The van der Waals surface area contributed by atoms with Crippen molar-refractivity contribution in [3.63, 3.8) is 0 Å². The van der Waals surface area contributed by atoms with Gasteiger partial charge in [0, 0.05) is 0 Å². The van der Waals surface area contributed by atoms with Crippen LogP contribution in [0.5, 0.6) is 0 Å². The third-order valence-electron chi connectivity index (χ3n) is 6.06. The highest BCUT2D eigenvalue weighted by atomic mass is 16.8. The monoisotopic (exact) mass is 488 g/mol. The van der Waals surface area contributed by atoms with Crippen LogP contribution in [-0.2, 0) is 23.7 Å². The van der Waals surface area contributed by atoms with Crippen LogP contribution in [0, 0.1) is 0 Å². The molecular weight excluding hydrogens is 456 g/mol. The molecule has 0 aromatic carbocycles. The second kappa shape index (κ2) is 11.0. The molecule has 3 saturated heterocycles. The first-order chi connectivity index (χ1) is 15.5. The third-order valence-corrected chi connectivity index (χ3v) is 6.06. The molecule has 0 radical (unpaired) electrons. The highest BCUT2D eigenvalue weighted by Gasteiger charge is 2.53. The number of aliphatic hydroxyl groups is 10. The van der Waals surface area contributed by atoms with E-state index >= 15 is 0 Å². The normalized spacial score (nSPS) is 53.7. The second-order valence-corrected chi connectivity index (χ2v) is 8.32. The van der Waals surface area contributed by atoms with E-state index in [4.69, 9.17) is 23.7 Å². The molecule has 1 unspecified atom stereocenters. The Bertz CT molecular complexity index is 624. The van der Waals surface area contributed by atoms with E-state index in [9.17, 15) is 51.1 Å². The van der Waals surface area contributed by atoms with E-state index in [2.05, 4.69) is 0 Å². The van der Waals surface area contributed by atoms with Gasteiger partial charge in [-0.3, -0.25) is 0 Å². The van der Waals surface area contributed by atoms with Crippen LogP contribution in [0.25, 0.3) is 0 Å². The van der Waals surface area contributed by atoms with E-state index < -0.39 is 105 Å².